The van der Waals surface area contributed by atoms with E-state index in [4.69, 9.17) is 4.74 Å². The van der Waals surface area contributed by atoms with Crippen LogP contribution < -0.4 is 0 Å². The summed E-state index contributed by atoms with van der Waals surface area (Å²) < 4.78 is 25.6. The molecular weight excluding hydrogens is 227 g/mol. The van der Waals surface area contributed by atoms with Crippen LogP contribution >= 0.6 is 18.2 Å². The van der Waals surface area contributed by atoms with E-state index >= 15 is 0 Å². The first kappa shape index (κ1) is 14.0. The number of carbonyl (C=O) groups is 1. The first-order valence-electron chi connectivity index (χ1n) is 4.09. The highest BCUT2D eigenvalue weighted by atomic mass is 32.7. The van der Waals surface area contributed by atoms with Gasteiger partial charge in [0.05, 0.1) is 0 Å². The molecule has 0 spiro atoms. The number of ether oxygens (including phenoxy) is 1. The molecule has 0 aromatic heterocycles. The van der Waals surface area contributed by atoms with Crippen LogP contribution in [0.2, 0.25) is 0 Å². The highest BCUT2D eigenvalue weighted by Crippen LogP contribution is 2.59. The van der Waals surface area contributed by atoms with E-state index in [1.165, 1.54) is 14.2 Å². The van der Waals surface area contributed by atoms with Gasteiger partial charge in [0.2, 0.25) is 0 Å². The molecule has 0 aromatic rings. The minimum Gasteiger partial charge on any atom is -0.465 e. The predicted octanol–water partition coefficient (Wildman–Crippen LogP) is 2.07. The summed E-state index contributed by atoms with van der Waals surface area (Å²) in [6, 6.07) is 0. The monoisotopic (exact) mass is 242 g/mol. The number of carbonyl (C=O) groups excluding carboxylic acids is 1. The Morgan fingerprint density at radius 1 is 1.36 bits per heavy atom. The van der Waals surface area contributed by atoms with Gasteiger partial charge in [-0.2, -0.15) is 0 Å². The van der Waals surface area contributed by atoms with E-state index in [0.29, 0.717) is 12.2 Å². The lowest BCUT2D eigenvalue weighted by Gasteiger charge is -2.11. The molecule has 0 saturated carbocycles. The number of hydrogen-bond donors (Lipinski definition) is 0. The summed E-state index contributed by atoms with van der Waals surface area (Å²) in [5, 5.41) is 0. The maximum absolute atomic E-state index is 11.4. The van der Waals surface area contributed by atoms with Gasteiger partial charge in [-0.25, -0.2) is 4.57 Å². The zero-order valence-corrected chi connectivity index (χ0v) is 10.2. The molecule has 0 N–H and O–H groups in total. The average molecular weight is 242 g/mol. The van der Waals surface area contributed by atoms with E-state index in [0.717, 1.165) is 11.4 Å². The Bertz CT molecular complexity index is 212. The van der Waals surface area contributed by atoms with Gasteiger partial charge in [-0.1, -0.05) is 6.92 Å². The molecule has 0 aliphatic rings. The second-order valence-corrected chi connectivity index (χ2v) is 6.63. The Morgan fingerprint density at radius 3 is 2.36 bits per heavy atom. The lowest BCUT2D eigenvalue weighted by atomic mass is 10.5. The normalized spacial score (nSPS) is 11.4. The summed E-state index contributed by atoms with van der Waals surface area (Å²) in [4.78, 5) is 10.7. The fourth-order valence-corrected chi connectivity index (χ4v) is 2.85. The molecule has 0 aliphatic carbocycles. The Morgan fingerprint density at radius 2 is 1.93 bits per heavy atom. The fraction of sp³-hybridized carbons (Fsp3) is 0.857. The molecule has 0 aromatic carbocycles. The van der Waals surface area contributed by atoms with Gasteiger partial charge in [0.25, 0.3) is 0 Å². The highest BCUT2D eigenvalue weighted by Gasteiger charge is 2.21. The van der Waals surface area contributed by atoms with E-state index in [-0.39, 0.29) is 12.6 Å². The number of rotatable bonds is 7. The Kier molecular flexibility index (Phi) is 7.27. The van der Waals surface area contributed by atoms with Crippen molar-refractivity contribution in [3.8, 4) is 0 Å². The molecule has 0 saturated heterocycles. The molecule has 5 nitrogen and oxygen atoms in total. The van der Waals surface area contributed by atoms with Gasteiger partial charge in [0, 0.05) is 26.4 Å². The maximum atomic E-state index is 11.4. The SMILES string of the molecule is CCC(=O)OCCSP(=O)(OC)OC. The fourth-order valence-electron chi connectivity index (χ4n) is 0.587. The average Bonchev–Trinajstić information content (AvgIpc) is 2.23. The van der Waals surface area contributed by atoms with Crippen molar-refractivity contribution in [1.82, 2.24) is 0 Å². The summed E-state index contributed by atoms with van der Waals surface area (Å²) in [7, 11) is 2.63. The standard InChI is InChI=1S/C7H15O5PS/c1-4-7(8)12-5-6-14-13(9,10-2)11-3/h4-6H2,1-3H3. The number of esters is 1. The molecule has 0 radical (unpaired) electrons. The smallest absolute Gasteiger partial charge is 0.388 e. The van der Waals surface area contributed by atoms with Crippen LogP contribution in [0.25, 0.3) is 0 Å². The Hall–Kier alpha value is -0.0300. The van der Waals surface area contributed by atoms with Crippen molar-refractivity contribution in [3.05, 3.63) is 0 Å². The van der Waals surface area contributed by atoms with E-state index in [1.54, 1.807) is 6.92 Å². The molecular formula is C7H15O5PS. The van der Waals surface area contributed by atoms with Gasteiger partial charge < -0.3 is 13.8 Å². The van der Waals surface area contributed by atoms with Gasteiger partial charge in [-0.15, -0.1) is 0 Å². The number of hydrogen-bond acceptors (Lipinski definition) is 6. The van der Waals surface area contributed by atoms with E-state index in [9.17, 15) is 9.36 Å². The van der Waals surface area contributed by atoms with Crippen LogP contribution in [0.15, 0.2) is 0 Å². The minimum absolute atomic E-state index is 0.216. The van der Waals surface area contributed by atoms with Crippen molar-refractivity contribution in [2.24, 2.45) is 0 Å². The van der Waals surface area contributed by atoms with Crippen LogP contribution in [-0.2, 0) is 23.1 Å². The molecule has 0 fully saturated rings. The van der Waals surface area contributed by atoms with Crippen molar-refractivity contribution in [2.45, 2.75) is 13.3 Å². The third-order valence-electron chi connectivity index (χ3n) is 1.33. The molecule has 0 atom stereocenters. The van der Waals surface area contributed by atoms with Gasteiger partial charge in [-0.05, 0) is 11.4 Å². The van der Waals surface area contributed by atoms with Crippen molar-refractivity contribution >= 4 is 24.1 Å². The first-order chi connectivity index (χ1) is 6.58. The van der Waals surface area contributed by atoms with E-state index in [2.05, 4.69) is 9.05 Å². The molecule has 0 bridgehead atoms. The Labute approximate surface area is 87.8 Å². The van der Waals surface area contributed by atoms with Crippen LogP contribution in [0.1, 0.15) is 13.3 Å². The second-order valence-electron chi connectivity index (χ2n) is 2.22. The van der Waals surface area contributed by atoms with E-state index < -0.39 is 6.80 Å². The molecule has 0 aliphatic heterocycles. The molecule has 14 heavy (non-hydrogen) atoms. The summed E-state index contributed by atoms with van der Waals surface area (Å²) in [6.07, 6.45) is 0.344. The van der Waals surface area contributed by atoms with Gasteiger partial charge in [-0.3, -0.25) is 4.79 Å². The topological polar surface area (TPSA) is 61.8 Å². The lowest BCUT2D eigenvalue weighted by molar-refractivity contribution is -0.142. The van der Waals surface area contributed by atoms with Crippen molar-refractivity contribution in [3.63, 3.8) is 0 Å². The lowest BCUT2D eigenvalue weighted by Crippen LogP contribution is -2.05. The molecule has 0 rings (SSSR count). The van der Waals surface area contributed by atoms with Crippen LogP contribution in [0, 0.1) is 0 Å². The molecule has 0 unspecified atom stereocenters. The maximum Gasteiger partial charge on any atom is 0.388 e. The molecule has 0 heterocycles. The second kappa shape index (κ2) is 7.29. The third kappa shape index (κ3) is 5.65. The predicted molar refractivity (Wildman–Crippen MR) is 55.3 cm³/mol. The summed E-state index contributed by atoms with van der Waals surface area (Å²) >= 11 is 1.01. The summed E-state index contributed by atoms with van der Waals surface area (Å²) in [5.74, 6) is 0.125. The first-order valence-corrected chi connectivity index (χ1v) is 7.23. The zero-order valence-electron chi connectivity index (χ0n) is 8.52. The largest absolute Gasteiger partial charge is 0.465 e. The van der Waals surface area contributed by atoms with Crippen molar-refractivity contribution in [1.29, 1.82) is 0 Å². The van der Waals surface area contributed by atoms with Crippen molar-refractivity contribution < 1.29 is 23.1 Å². The molecule has 84 valence electrons. The summed E-state index contributed by atoms with van der Waals surface area (Å²) in [5.41, 5.74) is 0. The van der Waals surface area contributed by atoms with Crippen LogP contribution in [0.3, 0.4) is 0 Å². The van der Waals surface area contributed by atoms with Crippen LogP contribution in [0.5, 0.6) is 0 Å². The molecule has 0 amide bonds. The van der Waals surface area contributed by atoms with E-state index in [1.807, 2.05) is 0 Å². The Balaban J connectivity index is 3.63. The minimum atomic E-state index is -3.02. The molecule has 7 heteroatoms. The van der Waals surface area contributed by atoms with Gasteiger partial charge >= 0.3 is 12.8 Å². The van der Waals surface area contributed by atoms with Crippen molar-refractivity contribution in [2.75, 3.05) is 26.6 Å². The van der Waals surface area contributed by atoms with Gasteiger partial charge in [0.15, 0.2) is 0 Å². The summed E-state index contributed by atoms with van der Waals surface area (Å²) in [6.45, 7) is -1.09. The zero-order chi connectivity index (χ0) is 11.0. The quantitative estimate of drug-likeness (QED) is 0.387. The van der Waals surface area contributed by atoms with Crippen LogP contribution in [0.4, 0.5) is 0 Å². The van der Waals surface area contributed by atoms with Crippen LogP contribution in [-0.4, -0.2) is 32.5 Å². The van der Waals surface area contributed by atoms with Gasteiger partial charge in [0.1, 0.15) is 6.61 Å². The third-order valence-corrected chi connectivity index (χ3v) is 5.28. The highest BCUT2D eigenvalue weighted by molar-refractivity contribution is 8.55.